The maximum Gasteiger partial charge on any atom is 0.0504 e. The van der Waals surface area contributed by atoms with Gasteiger partial charge in [0.15, 0.2) is 0 Å². The standard InChI is InChI=1S/C30H30NP/c1-5-14-24(15-6-1)28-22-13-23-29(30(28)31-25-16-7-2-8-17-25)32(26-18-9-3-10-19-26)27-20-11-4-12-21-27/h2-4,7-13,16-24,31H,1,5-6,14-15H2. The van der Waals surface area contributed by atoms with E-state index in [2.05, 4.69) is 115 Å². The van der Waals surface area contributed by atoms with Crippen molar-refractivity contribution in [2.24, 2.45) is 0 Å². The van der Waals surface area contributed by atoms with E-state index in [0.29, 0.717) is 5.92 Å². The van der Waals surface area contributed by atoms with Crippen molar-refractivity contribution in [3.8, 4) is 0 Å². The topological polar surface area (TPSA) is 12.0 Å². The summed E-state index contributed by atoms with van der Waals surface area (Å²) in [6.45, 7) is 0. The smallest absolute Gasteiger partial charge is 0.0504 e. The first-order valence-electron chi connectivity index (χ1n) is 11.8. The first-order valence-corrected chi connectivity index (χ1v) is 13.1. The molecule has 0 radical (unpaired) electrons. The normalized spacial score (nSPS) is 14.4. The van der Waals surface area contributed by atoms with Crippen LogP contribution in [0.5, 0.6) is 0 Å². The van der Waals surface area contributed by atoms with Crippen LogP contribution in [0.3, 0.4) is 0 Å². The molecule has 1 aliphatic rings. The Labute approximate surface area is 193 Å². The quantitative estimate of drug-likeness (QED) is 0.315. The Morgan fingerprint density at radius 3 is 1.72 bits per heavy atom. The van der Waals surface area contributed by atoms with Crippen molar-refractivity contribution in [1.82, 2.24) is 0 Å². The minimum absolute atomic E-state index is 0.637. The molecule has 1 nitrogen and oxygen atoms in total. The molecule has 0 unspecified atom stereocenters. The summed E-state index contributed by atoms with van der Waals surface area (Å²) in [5.74, 6) is 0.637. The lowest BCUT2D eigenvalue weighted by molar-refractivity contribution is 0.444. The Bertz CT molecular complexity index is 1080. The first kappa shape index (κ1) is 21.0. The predicted octanol–water partition coefficient (Wildman–Crippen LogP) is 7.24. The number of benzene rings is 4. The van der Waals surface area contributed by atoms with Crippen LogP contribution in [-0.2, 0) is 0 Å². The van der Waals surface area contributed by atoms with Gasteiger partial charge in [0, 0.05) is 11.0 Å². The molecule has 1 aliphatic carbocycles. The van der Waals surface area contributed by atoms with Crippen molar-refractivity contribution in [2.45, 2.75) is 38.0 Å². The van der Waals surface area contributed by atoms with E-state index in [0.717, 1.165) is 5.69 Å². The highest BCUT2D eigenvalue weighted by Gasteiger charge is 2.25. The van der Waals surface area contributed by atoms with Crippen molar-refractivity contribution >= 4 is 35.2 Å². The third-order valence-electron chi connectivity index (χ3n) is 6.43. The Kier molecular flexibility index (Phi) is 6.66. The molecule has 5 rings (SSSR count). The summed E-state index contributed by atoms with van der Waals surface area (Å²) in [7, 11) is -0.663. The monoisotopic (exact) mass is 435 g/mol. The zero-order valence-electron chi connectivity index (χ0n) is 18.5. The van der Waals surface area contributed by atoms with E-state index in [1.54, 1.807) is 0 Å². The molecule has 4 aromatic rings. The van der Waals surface area contributed by atoms with Gasteiger partial charge in [-0.25, -0.2) is 0 Å². The zero-order chi connectivity index (χ0) is 21.6. The largest absolute Gasteiger partial charge is 0.355 e. The highest BCUT2D eigenvalue weighted by molar-refractivity contribution is 7.80. The molecular weight excluding hydrogens is 405 g/mol. The molecule has 2 heteroatoms. The second kappa shape index (κ2) is 10.2. The van der Waals surface area contributed by atoms with Crippen LogP contribution >= 0.6 is 7.92 Å². The molecule has 0 saturated heterocycles. The van der Waals surface area contributed by atoms with E-state index in [4.69, 9.17) is 0 Å². The van der Waals surface area contributed by atoms with E-state index in [-0.39, 0.29) is 0 Å². The van der Waals surface area contributed by atoms with Gasteiger partial charge in [-0.2, -0.15) is 0 Å². The summed E-state index contributed by atoms with van der Waals surface area (Å²) in [6.07, 6.45) is 6.64. The van der Waals surface area contributed by atoms with E-state index >= 15 is 0 Å². The lowest BCUT2D eigenvalue weighted by Gasteiger charge is -2.29. The summed E-state index contributed by atoms with van der Waals surface area (Å²) in [5.41, 5.74) is 3.97. The molecule has 0 aromatic heterocycles. The highest BCUT2D eigenvalue weighted by atomic mass is 31.1. The fourth-order valence-corrected chi connectivity index (χ4v) is 7.32. The van der Waals surface area contributed by atoms with E-state index in [9.17, 15) is 0 Å². The highest BCUT2D eigenvalue weighted by Crippen LogP contribution is 2.42. The van der Waals surface area contributed by atoms with Gasteiger partial charge < -0.3 is 5.32 Å². The minimum atomic E-state index is -0.663. The van der Waals surface area contributed by atoms with Gasteiger partial charge in [0.25, 0.3) is 0 Å². The van der Waals surface area contributed by atoms with Crippen molar-refractivity contribution < 1.29 is 0 Å². The van der Waals surface area contributed by atoms with Gasteiger partial charge in [0.05, 0.1) is 5.69 Å². The van der Waals surface area contributed by atoms with Crippen LogP contribution in [0.4, 0.5) is 11.4 Å². The molecule has 0 bridgehead atoms. The molecule has 1 N–H and O–H groups in total. The number of hydrogen-bond acceptors (Lipinski definition) is 1. The Balaban J connectivity index is 1.68. The van der Waals surface area contributed by atoms with Crippen LogP contribution in [0.15, 0.2) is 109 Å². The van der Waals surface area contributed by atoms with Gasteiger partial charge in [-0.15, -0.1) is 0 Å². The number of anilines is 2. The Morgan fingerprint density at radius 1 is 0.562 bits per heavy atom. The third kappa shape index (κ3) is 4.64. The number of rotatable bonds is 6. The number of nitrogens with one attached hydrogen (secondary N) is 1. The minimum Gasteiger partial charge on any atom is -0.355 e. The van der Waals surface area contributed by atoms with Gasteiger partial charge >= 0.3 is 0 Å². The summed E-state index contributed by atoms with van der Waals surface area (Å²) in [6, 6.07) is 39.7. The van der Waals surface area contributed by atoms with Crippen LogP contribution in [0, 0.1) is 0 Å². The molecule has 32 heavy (non-hydrogen) atoms. The summed E-state index contributed by atoms with van der Waals surface area (Å²) in [4.78, 5) is 0. The maximum atomic E-state index is 3.87. The fraction of sp³-hybridized carbons (Fsp3) is 0.200. The van der Waals surface area contributed by atoms with E-state index in [1.165, 1.54) is 59.3 Å². The summed E-state index contributed by atoms with van der Waals surface area (Å²) < 4.78 is 0. The lowest BCUT2D eigenvalue weighted by Crippen LogP contribution is -2.24. The molecule has 0 heterocycles. The van der Waals surface area contributed by atoms with Crippen molar-refractivity contribution in [3.05, 3.63) is 115 Å². The van der Waals surface area contributed by atoms with Crippen LogP contribution in [0.1, 0.15) is 43.6 Å². The Morgan fingerprint density at radius 2 is 1.12 bits per heavy atom. The van der Waals surface area contributed by atoms with Gasteiger partial charge in [-0.05, 0) is 55.0 Å². The predicted molar refractivity (Wildman–Crippen MR) is 141 cm³/mol. The molecule has 160 valence electrons. The van der Waals surface area contributed by atoms with Crippen LogP contribution < -0.4 is 21.2 Å². The van der Waals surface area contributed by atoms with Gasteiger partial charge in [-0.3, -0.25) is 0 Å². The molecule has 1 saturated carbocycles. The van der Waals surface area contributed by atoms with Crippen LogP contribution in [-0.4, -0.2) is 0 Å². The molecule has 1 fully saturated rings. The Hall–Kier alpha value is -2.89. The van der Waals surface area contributed by atoms with Crippen molar-refractivity contribution in [2.75, 3.05) is 5.32 Å². The van der Waals surface area contributed by atoms with Crippen LogP contribution in [0.25, 0.3) is 0 Å². The molecule has 0 amide bonds. The second-order valence-electron chi connectivity index (χ2n) is 8.57. The molecule has 4 aromatic carbocycles. The SMILES string of the molecule is c1ccc(Nc2c(C3CCCCC3)cccc2P(c2ccccc2)c2ccccc2)cc1. The van der Waals surface area contributed by atoms with Gasteiger partial charge in [-0.1, -0.05) is 116 Å². The van der Waals surface area contributed by atoms with E-state index in [1.807, 2.05) is 0 Å². The van der Waals surface area contributed by atoms with Crippen LogP contribution in [0.2, 0.25) is 0 Å². The lowest BCUT2D eigenvalue weighted by atomic mass is 9.83. The second-order valence-corrected chi connectivity index (χ2v) is 10.8. The van der Waals surface area contributed by atoms with Crippen molar-refractivity contribution in [1.29, 1.82) is 0 Å². The molecular formula is C30H30NP. The van der Waals surface area contributed by atoms with Gasteiger partial charge in [0.1, 0.15) is 0 Å². The fourth-order valence-electron chi connectivity index (χ4n) is 4.88. The zero-order valence-corrected chi connectivity index (χ0v) is 19.3. The molecule has 0 atom stereocenters. The maximum absolute atomic E-state index is 3.87. The first-order chi connectivity index (χ1) is 15.9. The molecule has 0 spiro atoms. The average Bonchev–Trinajstić information content (AvgIpc) is 2.87. The van der Waals surface area contributed by atoms with Crippen molar-refractivity contribution in [3.63, 3.8) is 0 Å². The third-order valence-corrected chi connectivity index (χ3v) is 8.92. The average molecular weight is 436 g/mol. The number of hydrogen-bond donors (Lipinski definition) is 1. The summed E-state index contributed by atoms with van der Waals surface area (Å²) >= 11 is 0. The summed E-state index contributed by atoms with van der Waals surface area (Å²) in [5, 5.41) is 8.08. The van der Waals surface area contributed by atoms with E-state index < -0.39 is 7.92 Å². The van der Waals surface area contributed by atoms with Gasteiger partial charge in [0.2, 0.25) is 0 Å². The number of para-hydroxylation sites is 2. The molecule has 0 aliphatic heterocycles.